The second kappa shape index (κ2) is 8.49. The van der Waals surface area contributed by atoms with Gasteiger partial charge in [0, 0.05) is 5.54 Å². The fraction of sp³-hybridized carbons (Fsp3) is 0.875. The van der Waals surface area contributed by atoms with Crippen LogP contribution in [0, 0.1) is 5.41 Å². The number of hydroxylamine groups is 2. The minimum atomic E-state index is -3.38. The molecule has 0 saturated carbocycles. The first-order valence-corrected chi connectivity index (χ1v) is 9.51. The lowest BCUT2D eigenvalue weighted by molar-refractivity contribution is -0.197. The van der Waals surface area contributed by atoms with Gasteiger partial charge in [-0.1, -0.05) is 26.8 Å². The van der Waals surface area contributed by atoms with E-state index in [1.54, 1.807) is 17.4 Å². The highest BCUT2D eigenvalue weighted by atomic mass is 31.2. The molecule has 0 spiro atoms. The average molecular weight is 335 g/mol. The molecule has 1 atom stereocenters. The molecule has 0 bridgehead atoms. The van der Waals surface area contributed by atoms with E-state index in [1.165, 1.54) is 0 Å². The average Bonchev–Trinajstić information content (AvgIpc) is 2.31. The minimum absolute atomic E-state index is 0.325. The van der Waals surface area contributed by atoms with Crippen LogP contribution in [0.15, 0.2) is 12.3 Å². The molecule has 0 radical (unpaired) electrons. The fourth-order valence-electron chi connectivity index (χ4n) is 2.20. The van der Waals surface area contributed by atoms with E-state index in [-0.39, 0.29) is 11.0 Å². The number of allylic oxidation sites excluding steroid dienone is 1. The molecule has 0 amide bonds. The second-order valence-corrected chi connectivity index (χ2v) is 9.27. The Balaban J connectivity index is 5.99. The van der Waals surface area contributed by atoms with Crippen LogP contribution in [0.3, 0.4) is 0 Å². The summed E-state index contributed by atoms with van der Waals surface area (Å²) in [4.78, 5) is 5.80. The summed E-state index contributed by atoms with van der Waals surface area (Å²) in [6, 6.07) is 0. The molecule has 0 fully saturated rings. The van der Waals surface area contributed by atoms with Crippen LogP contribution in [0.25, 0.3) is 0 Å². The van der Waals surface area contributed by atoms with E-state index in [4.69, 9.17) is 13.9 Å². The summed E-state index contributed by atoms with van der Waals surface area (Å²) >= 11 is 0. The first-order valence-electron chi connectivity index (χ1n) is 7.90. The van der Waals surface area contributed by atoms with Crippen LogP contribution in [0.4, 0.5) is 0 Å². The molecule has 0 saturated heterocycles. The molecular formula is C16H34NO4P. The van der Waals surface area contributed by atoms with Crippen molar-refractivity contribution in [1.29, 1.82) is 0 Å². The molecule has 0 heterocycles. The van der Waals surface area contributed by atoms with Crippen molar-refractivity contribution in [2.24, 2.45) is 5.41 Å². The molecule has 1 unspecified atom stereocenters. The molecule has 132 valence electrons. The Morgan fingerprint density at radius 2 is 1.50 bits per heavy atom. The number of rotatable bonds is 8. The largest absolute Gasteiger partial charge is 0.413 e. The zero-order valence-corrected chi connectivity index (χ0v) is 16.6. The van der Waals surface area contributed by atoms with Crippen LogP contribution in [-0.2, 0) is 18.5 Å². The molecule has 0 aromatic heterocycles. The van der Waals surface area contributed by atoms with Gasteiger partial charge in [-0.05, 0) is 47.0 Å². The second-order valence-electron chi connectivity index (χ2n) is 7.19. The molecule has 0 aromatic rings. The third-order valence-corrected chi connectivity index (χ3v) is 5.71. The first-order chi connectivity index (χ1) is 9.94. The monoisotopic (exact) mass is 335 g/mol. The molecular weight excluding hydrogens is 301 g/mol. The predicted octanol–water partition coefficient (Wildman–Crippen LogP) is 5.19. The lowest BCUT2D eigenvalue weighted by Gasteiger charge is -2.46. The van der Waals surface area contributed by atoms with Gasteiger partial charge in [-0.3, -0.25) is 4.57 Å². The normalized spacial score (nSPS) is 15.5. The maximum atomic E-state index is 13.4. The Morgan fingerprint density at radius 3 is 1.77 bits per heavy atom. The molecule has 0 N–H and O–H groups in total. The van der Waals surface area contributed by atoms with Crippen LogP contribution in [0.1, 0.15) is 62.3 Å². The van der Waals surface area contributed by atoms with Crippen molar-refractivity contribution in [3.8, 4) is 0 Å². The summed E-state index contributed by atoms with van der Waals surface area (Å²) in [5.41, 5.74) is -0.740. The summed E-state index contributed by atoms with van der Waals surface area (Å²) < 4.78 is 24.6. The zero-order valence-electron chi connectivity index (χ0n) is 15.7. The number of nitrogens with zero attached hydrogens (tertiary/aromatic N) is 1. The summed E-state index contributed by atoms with van der Waals surface area (Å²) in [7, 11) is -3.38. The van der Waals surface area contributed by atoms with Crippen LogP contribution in [0.5, 0.6) is 0 Å². The van der Waals surface area contributed by atoms with Crippen LogP contribution < -0.4 is 0 Å². The highest BCUT2D eigenvalue weighted by Crippen LogP contribution is 2.60. The Bertz CT molecular complexity index is 386. The van der Waals surface area contributed by atoms with Crippen molar-refractivity contribution < 1.29 is 18.5 Å². The Hall–Kier alpha value is -0.350. The van der Waals surface area contributed by atoms with Crippen molar-refractivity contribution in [2.45, 2.75) is 73.6 Å². The SMILES string of the molecule is CC=CON(C(C(C)(C)C)P(=O)(OCC)OCC)C(C)(C)C. The molecule has 5 nitrogen and oxygen atoms in total. The van der Waals surface area contributed by atoms with E-state index < -0.39 is 13.4 Å². The standard InChI is InChI=1S/C16H34NO4P/c1-10-13-19-17(16(7,8)9)14(15(4,5)6)22(18,20-11-2)21-12-3/h10,13-14H,11-12H2,1-9H3. The van der Waals surface area contributed by atoms with E-state index >= 15 is 0 Å². The minimum Gasteiger partial charge on any atom is -0.413 e. The van der Waals surface area contributed by atoms with Gasteiger partial charge in [-0.2, -0.15) is 0 Å². The van der Waals surface area contributed by atoms with Gasteiger partial charge in [0.2, 0.25) is 0 Å². The summed E-state index contributed by atoms with van der Waals surface area (Å²) in [5.74, 6) is -0.531. The smallest absolute Gasteiger partial charge is 0.351 e. The fourth-order valence-corrected chi connectivity index (χ4v) is 4.89. The highest BCUT2D eigenvalue weighted by molar-refractivity contribution is 7.54. The topological polar surface area (TPSA) is 48.0 Å². The molecule has 6 heteroatoms. The molecule has 0 aliphatic carbocycles. The molecule has 0 rings (SSSR count). The zero-order chi connectivity index (χ0) is 17.6. The van der Waals surface area contributed by atoms with Gasteiger partial charge < -0.3 is 13.9 Å². The Morgan fingerprint density at radius 1 is 1.05 bits per heavy atom. The van der Waals surface area contributed by atoms with Crippen LogP contribution in [0.2, 0.25) is 0 Å². The van der Waals surface area contributed by atoms with Crippen molar-refractivity contribution >= 4 is 7.60 Å². The maximum absolute atomic E-state index is 13.4. The molecule has 0 aliphatic rings. The predicted molar refractivity (Wildman–Crippen MR) is 91.6 cm³/mol. The summed E-state index contributed by atoms with van der Waals surface area (Å²) in [6.07, 6.45) is 3.39. The van der Waals surface area contributed by atoms with Gasteiger partial charge in [0.05, 0.1) is 13.2 Å². The van der Waals surface area contributed by atoms with Crippen molar-refractivity contribution in [3.05, 3.63) is 12.3 Å². The van der Waals surface area contributed by atoms with E-state index in [0.29, 0.717) is 13.2 Å². The van der Waals surface area contributed by atoms with Gasteiger partial charge in [0.15, 0.2) is 5.78 Å². The van der Waals surface area contributed by atoms with E-state index in [9.17, 15) is 4.57 Å². The highest BCUT2D eigenvalue weighted by Gasteiger charge is 2.51. The first kappa shape index (κ1) is 21.6. The quantitative estimate of drug-likeness (QED) is 0.347. The maximum Gasteiger partial charge on any atom is 0.351 e. The lowest BCUT2D eigenvalue weighted by atomic mass is 9.94. The lowest BCUT2D eigenvalue weighted by Crippen LogP contribution is -2.52. The Kier molecular flexibility index (Phi) is 8.35. The molecule has 0 aliphatic heterocycles. The number of hydrogen-bond acceptors (Lipinski definition) is 5. The van der Waals surface area contributed by atoms with E-state index in [1.807, 2.05) is 62.3 Å². The van der Waals surface area contributed by atoms with Crippen molar-refractivity contribution in [3.63, 3.8) is 0 Å². The molecule has 22 heavy (non-hydrogen) atoms. The van der Waals surface area contributed by atoms with E-state index in [0.717, 1.165) is 0 Å². The third kappa shape index (κ3) is 6.04. The third-order valence-electron chi connectivity index (χ3n) is 2.89. The van der Waals surface area contributed by atoms with E-state index in [2.05, 4.69) is 0 Å². The summed E-state index contributed by atoms with van der Waals surface area (Å²) in [6.45, 7) is 18.2. The van der Waals surface area contributed by atoms with Crippen molar-refractivity contribution in [2.75, 3.05) is 13.2 Å². The van der Waals surface area contributed by atoms with Gasteiger partial charge in [-0.25, -0.2) is 0 Å². The van der Waals surface area contributed by atoms with Gasteiger partial charge in [0.25, 0.3) is 0 Å². The van der Waals surface area contributed by atoms with Crippen LogP contribution >= 0.6 is 7.60 Å². The van der Waals surface area contributed by atoms with Gasteiger partial charge >= 0.3 is 7.60 Å². The number of hydrogen-bond donors (Lipinski definition) is 0. The van der Waals surface area contributed by atoms with Crippen LogP contribution in [-0.4, -0.2) is 29.6 Å². The molecule has 0 aromatic carbocycles. The van der Waals surface area contributed by atoms with Gasteiger partial charge in [-0.15, -0.1) is 5.06 Å². The Labute approximate surface area is 136 Å². The summed E-state index contributed by atoms with van der Waals surface area (Å²) in [5, 5.41) is 1.74. The van der Waals surface area contributed by atoms with Gasteiger partial charge in [0.1, 0.15) is 6.26 Å². The van der Waals surface area contributed by atoms with Crippen molar-refractivity contribution in [1.82, 2.24) is 5.06 Å².